The largest absolute Gasteiger partial charge is 0.392 e. The van der Waals surface area contributed by atoms with Crippen LogP contribution < -0.4 is 0 Å². The summed E-state index contributed by atoms with van der Waals surface area (Å²) in [4.78, 5) is 15.9. The van der Waals surface area contributed by atoms with Crippen LogP contribution in [0.5, 0.6) is 0 Å². The number of ether oxygens (including phenoxy) is 1. The molecule has 1 N–H and O–H groups in total. The zero-order chi connectivity index (χ0) is 12.8. The van der Waals surface area contributed by atoms with Crippen molar-refractivity contribution in [2.24, 2.45) is 0 Å². The molecule has 1 rings (SSSR count). The monoisotopic (exact) mass is 244 g/mol. The number of rotatable bonds is 5. The van der Waals surface area contributed by atoms with E-state index in [9.17, 15) is 9.90 Å². The van der Waals surface area contributed by atoms with Crippen LogP contribution in [0.15, 0.2) is 0 Å². The third-order valence-electron chi connectivity index (χ3n) is 2.93. The molecule has 0 aromatic heterocycles. The summed E-state index contributed by atoms with van der Waals surface area (Å²) < 4.78 is 5.22. The molecule has 0 radical (unpaired) electrons. The first kappa shape index (κ1) is 14.4. The summed E-state index contributed by atoms with van der Waals surface area (Å²) in [7, 11) is 0. The van der Waals surface area contributed by atoms with Crippen LogP contribution in [0.1, 0.15) is 20.8 Å². The number of hydrogen-bond acceptors (Lipinski definition) is 4. The second-order valence-electron chi connectivity index (χ2n) is 4.87. The van der Waals surface area contributed by atoms with Crippen LogP contribution in [0.25, 0.3) is 0 Å². The third-order valence-corrected chi connectivity index (χ3v) is 2.93. The fourth-order valence-electron chi connectivity index (χ4n) is 1.88. The highest BCUT2D eigenvalue weighted by molar-refractivity contribution is 5.78. The van der Waals surface area contributed by atoms with E-state index in [4.69, 9.17) is 4.74 Å². The summed E-state index contributed by atoms with van der Waals surface area (Å²) in [5.74, 6) is 0.127. The summed E-state index contributed by atoms with van der Waals surface area (Å²) in [6.07, 6.45) is -0.408. The van der Waals surface area contributed by atoms with Crippen LogP contribution >= 0.6 is 0 Å². The first-order valence-electron chi connectivity index (χ1n) is 6.28. The minimum atomic E-state index is -0.408. The predicted octanol–water partition coefficient (Wildman–Crippen LogP) is -0.0636. The Morgan fingerprint density at radius 3 is 2.41 bits per heavy atom. The van der Waals surface area contributed by atoms with Crippen molar-refractivity contribution in [3.05, 3.63) is 0 Å². The highest BCUT2D eigenvalue weighted by atomic mass is 16.5. The molecule has 0 bridgehead atoms. The Morgan fingerprint density at radius 2 is 1.94 bits per heavy atom. The van der Waals surface area contributed by atoms with Gasteiger partial charge < -0.3 is 14.7 Å². The molecule has 1 heterocycles. The van der Waals surface area contributed by atoms with Gasteiger partial charge in [0.1, 0.15) is 0 Å². The zero-order valence-corrected chi connectivity index (χ0v) is 11.1. The maximum Gasteiger partial charge on any atom is 0.236 e. The van der Waals surface area contributed by atoms with Crippen LogP contribution in [0.2, 0.25) is 0 Å². The number of aliphatic hydroxyl groups is 1. The van der Waals surface area contributed by atoms with E-state index in [-0.39, 0.29) is 11.9 Å². The minimum Gasteiger partial charge on any atom is -0.392 e. The van der Waals surface area contributed by atoms with E-state index in [0.29, 0.717) is 39.4 Å². The van der Waals surface area contributed by atoms with E-state index in [1.54, 1.807) is 6.92 Å². The molecule has 1 atom stereocenters. The van der Waals surface area contributed by atoms with E-state index in [0.717, 1.165) is 0 Å². The Kier molecular flexibility index (Phi) is 5.88. The second kappa shape index (κ2) is 6.93. The number of morpholine rings is 1. The van der Waals surface area contributed by atoms with Crippen LogP contribution in [-0.2, 0) is 9.53 Å². The van der Waals surface area contributed by atoms with Crippen molar-refractivity contribution in [1.29, 1.82) is 0 Å². The van der Waals surface area contributed by atoms with Gasteiger partial charge in [-0.2, -0.15) is 0 Å². The van der Waals surface area contributed by atoms with E-state index >= 15 is 0 Å². The molecule has 1 fully saturated rings. The Bertz CT molecular complexity index is 238. The van der Waals surface area contributed by atoms with Crippen molar-refractivity contribution in [3.8, 4) is 0 Å². The lowest BCUT2D eigenvalue weighted by Gasteiger charge is -2.32. The fraction of sp³-hybridized carbons (Fsp3) is 0.917. The molecule has 5 nitrogen and oxygen atoms in total. The molecule has 1 saturated heterocycles. The number of aliphatic hydroxyl groups excluding tert-OH is 1. The molecule has 1 unspecified atom stereocenters. The molecule has 17 heavy (non-hydrogen) atoms. The number of nitrogens with zero attached hydrogens (tertiary/aromatic N) is 2. The van der Waals surface area contributed by atoms with Crippen molar-refractivity contribution in [3.63, 3.8) is 0 Å². The van der Waals surface area contributed by atoms with Crippen LogP contribution in [0, 0.1) is 0 Å². The van der Waals surface area contributed by atoms with E-state index < -0.39 is 6.10 Å². The van der Waals surface area contributed by atoms with Crippen LogP contribution in [0.4, 0.5) is 0 Å². The molecule has 0 aromatic rings. The molecule has 1 aliphatic heterocycles. The summed E-state index contributed by atoms with van der Waals surface area (Å²) in [5.41, 5.74) is 0. The SMILES string of the molecule is CC(O)CN(CC(=O)N1CCOCC1)C(C)C. The Morgan fingerprint density at radius 1 is 1.35 bits per heavy atom. The molecular weight excluding hydrogens is 220 g/mol. The number of hydrogen-bond donors (Lipinski definition) is 1. The molecule has 0 saturated carbocycles. The molecule has 100 valence electrons. The van der Waals surface area contributed by atoms with Gasteiger partial charge >= 0.3 is 0 Å². The maximum absolute atomic E-state index is 12.0. The normalized spacial score (nSPS) is 18.8. The van der Waals surface area contributed by atoms with Gasteiger partial charge in [0.2, 0.25) is 5.91 Å². The number of carbonyl (C=O) groups excluding carboxylic acids is 1. The fourth-order valence-corrected chi connectivity index (χ4v) is 1.88. The van der Waals surface area contributed by atoms with E-state index in [1.807, 2.05) is 23.6 Å². The van der Waals surface area contributed by atoms with Crippen LogP contribution in [0.3, 0.4) is 0 Å². The molecule has 5 heteroatoms. The van der Waals surface area contributed by atoms with Gasteiger partial charge in [-0.1, -0.05) is 0 Å². The molecular formula is C12H24N2O3. The molecule has 0 aliphatic carbocycles. The van der Waals surface area contributed by atoms with Crippen molar-refractivity contribution in [1.82, 2.24) is 9.80 Å². The highest BCUT2D eigenvalue weighted by Crippen LogP contribution is 2.04. The molecule has 0 aromatic carbocycles. The lowest BCUT2D eigenvalue weighted by atomic mass is 10.2. The van der Waals surface area contributed by atoms with Crippen molar-refractivity contribution < 1.29 is 14.6 Å². The lowest BCUT2D eigenvalue weighted by Crippen LogP contribution is -2.48. The quantitative estimate of drug-likeness (QED) is 0.736. The lowest BCUT2D eigenvalue weighted by molar-refractivity contribution is -0.137. The average molecular weight is 244 g/mol. The first-order chi connectivity index (χ1) is 8.00. The number of amides is 1. The van der Waals surface area contributed by atoms with Crippen LogP contribution in [-0.4, -0.2) is 72.4 Å². The Labute approximate surface area is 103 Å². The standard InChI is InChI=1S/C12H24N2O3/c1-10(2)14(8-11(3)15)9-12(16)13-4-6-17-7-5-13/h10-11,15H,4-9H2,1-3H3. The topological polar surface area (TPSA) is 53.0 Å². The van der Waals surface area contributed by atoms with E-state index in [2.05, 4.69) is 0 Å². The van der Waals surface area contributed by atoms with Gasteiger partial charge in [-0.3, -0.25) is 9.69 Å². The van der Waals surface area contributed by atoms with Crippen molar-refractivity contribution in [2.75, 3.05) is 39.4 Å². The zero-order valence-electron chi connectivity index (χ0n) is 11.1. The van der Waals surface area contributed by atoms with Crippen molar-refractivity contribution in [2.45, 2.75) is 32.9 Å². The van der Waals surface area contributed by atoms with Gasteiger partial charge in [0.05, 0.1) is 25.9 Å². The predicted molar refractivity (Wildman–Crippen MR) is 65.8 cm³/mol. The van der Waals surface area contributed by atoms with Crippen molar-refractivity contribution >= 4 is 5.91 Å². The van der Waals surface area contributed by atoms with Gasteiger partial charge in [0.15, 0.2) is 0 Å². The van der Waals surface area contributed by atoms with Gasteiger partial charge in [-0.15, -0.1) is 0 Å². The maximum atomic E-state index is 12.0. The third kappa shape index (κ3) is 5.02. The smallest absolute Gasteiger partial charge is 0.236 e. The summed E-state index contributed by atoms with van der Waals surface area (Å²) >= 11 is 0. The molecule has 0 spiro atoms. The summed E-state index contributed by atoms with van der Waals surface area (Å²) in [5, 5.41) is 9.41. The highest BCUT2D eigenvalue weighted by Gasteiger charge is 2.21. The summed E-state index contributed by atoms with van der Waals surface area (Å²) in [6.45, 7) is 9.35. The van der Waals surface area contributed by atoms with Gasteiger partial charge in [-0.05, 0) is 20.8 Å². The minimum absolute atomic E-state index is 0.127. The molecule has 1 aliphatic rings. The van der Waals surface area contributed by atoms with Gasteiger partial charge in [-0.25, -0.2) is 0 Å². The first-order valence-corrected chi connectivity index (χ1v) is 6.28. The Balaban J connectivity index is 2.44. The molecule has 1 amide bonds. The number of carbonyl (C=O) groups is 1. The average Bonchev–Trinajstić information content (AvgIpc) is 2.28. The summed E-state index contributed by atoms with van der Waals surface area (Å²) in [6, 6.07) is 0.259. The second-order valence-corrected chi connectivity index (χ2v) is 4.87. The van der Waals surface area contributed by atoms with Gasteiger partial charge in [0, 0.05) is 25.7 Å². The van der Waals surface area contributed by atoms with E-state index in [1.165, 1.54) is 0 Å². The Hall–Kier alpha value is -0.650. The van der Waals surface area contributed by atoms with Gasteiger partial charge in [0.25, 0.3) is 0 Å².